The van der Waals surface area contributed by atoms with Gasteiger partial charge in [-0.05, 0) is 6.08 Å². The molecule has 3 rings (SSSR count). The van der Waals surface area contributed by atoms with Crippen LogP contribution in [0.5, 0.6) is 0 Å². The predicted octanol–water partition coefficient (Wildman–Crippen LogP) is 1.09. The lowest BCUT2D eigenvalue weighted by Crippen LogP contribution is -2.22. The fraction of sp³-hybridized carbons (Fsp3) is 0.167. The van der Waals surface area contributed by atoms with Crippen LogP contribution in [0.15, 0.2) is 47.6 Å². The summed E-state index contributed by atoms with van der Waals surface area (Å²) in [5.74, 6) is -0.423. The number of carbonyl (C=O) groups is 2. The summed E-state index contributed by atoms with van der Waals surface area (Å²) in [6.45, 7) is 0. The second kappa shape index (κ2) is 2.79. The van der Waals surface area contributed by atoms with E-state index in [9.17, 15) is 9.59 Å². The Morgan fingerprint density at radius 2 is 2.07 bits per heavy atom. The molecule has 2 aliphatic carbocycles. The van der Waals surface area contributed by atoms with Gasteiger partial charge >= 0.3 is 5.97 Å². The molecule has 0 radical (unpaired) electrons. The van der Waals surface area contributed by atoms with E-state index in [4.69, 9.17) is 4.74 Å². The lowest BCUT2D eigenvalue weighted by atomic mass is 9.93. The maximum atomic E-state index is 11.5. The lowest BCUT2D eigenvalue weighted by molar-refractivity contribution is -0.139. The van der Waals surface area contributed by atoms with E-state index < -0.39 is 0 Å². The largest absolute Gasteiger partial charge is 0.453 e. The summed E-state index contributed by atoms with van der Waals surface area (Å²) in [5, 5.41) is 0. The number of ketones is 1. The van der Waals surface area contributed by atoms with Gasteiger partial charge in [0.15, 0.2) is 5.78 Å². The van der Waals surface area contributed by atoms with Crippen molar-refractivity contribution in [3.05, 3.63) is 47.6 Å². The number of allylic oxidation sites excluding steroid dienone is 3. The van der Waals surface area contributed by atoms with Crippen molar-refractivity contribution in [2.45, 2.75) is 6.10 Å². The van der Waals surface area contributed by atoms with E-state index in [1.807, 2.05) is 6.08 Å². The van der Waals surface area contributed by atoms with Crippen LogP contribution in [0.4, 0.5) is 0 Å². The van der Waals surface area contributed by atoms with Crippen LogP contribution in [0.3, 0.4) is 0 Å². The van der Waals surface area contributed by atoms with Crippen LogP contribution in [0.1, 0.15) is 0 Å². The molecule has 2 unspecified atom stereocenters. The van der Waals surface area contributed by atoms with E-state index in [-0.39, 0.29) is 23.8 Å². The molecular weight excluding hydrogens is 192 g/mol. The highest BCUT2D eigenvalue weighted by molar-refractivity contribution is 6.08. The average Bonchev–Trinajstić information content (AvgIpc) is 2.68. The monoisotopic (exact) mass is 200 g/mol. The zero-order valence-electron chi connectivity index (χ0n) is 7.84. The van der Waals surface area contributed by atoms with Crippen LogP contribution in [0, 0.1) is 5.92 Å². The molecule has 0 N–H and O–H groups in total. The van der Waals surface area contributed by atoms with Gasteiger partial charge in [0.1, 0.15) is 6.10 Å². The summed E-state index contributed by atoms with van der Waals surface area (Å²) in [5.41, 5.74) is 1.55. The molecule has 0 aromatic carbocycles. The second-order valence-electron chi connectivity index (χ2n) is 3.73. The Labute approximate surface area is 86.4 Å². The van der Waals surface area contributed by atoms with Crippen LogP contribution >= 0.6 is 0 Å². The third-order valence-electron chi connectivity index (χ3n) is 2.85. The first kappa shape index (κ1) is 8.41. The molecule has 1 heterocycles. The third kappa shape index (κ3) is 1.13. The zero-order chi connectivity index (χ0) is 10.4. The van der Waals surface area contributed by atoms with Crippen LogP contribution in [-0.4, -0.2) is 17.9 Å². The molecule has 3 aliphatic rings. The van der Waals surface area contributed by atoms with Crippen molar-refractivity contribution < 1.29 is 14.3 Å². The molecule has 0 aromatic heterocycles. The van der Waals surface area contributed by atoms with E-state index in [1.165, 1.54) is 6.08 Å². The Hall–Kier alpha value is -1.90. The fourth-order valence-corrected chi connectivity index (χ4v) is 2.14. The number of carbonyl (C=O) groups excluding carboxylic acids is 2. The van der Waals surface area contributed by atoms with Crippen molar-refractivity contribution in [2.24, 2.45) is 5.92 Å². The summed E-state index contributed by atoms with van der Waals surface area (Å²) < 4.78 is 5.18. The van der Waals surface area contributed by atoms with E-state index in [0.717, 1.165) is 5.57 Å². The highest BCUT2D eigenvalue weighted by atomic mass is 16.5. The van der Waals surface area contributed by atoms with Gasteiger partial charge in [-0.2, -0.15) is 0 Å². The first-order valence-electron chi connectivity index (χ1n) is 4.79. The van der Waals surface area contributed by atoms with Crippen molar-refractivity contribution >= 4 is 11.8 Å². The van der Waals surface area contributed by atoms with Gasteiger partial charge in [-0.1, -0.05) is 24.3 Å². The van der Waals surface area contributed by atoms with E-state index in [2.05, 4.69) is 0 Å². The first-order chi connectivity index (χ1) is 7.25. The highest BCUT2D eigenvalue weighted by Gasteiger charge is 2.38. The van der Waals surface area contributed by atoms with Gasteiger partial charge in [-0.3, -0.25) is 4.79 Å². The molecule has 0 aromatic rings. The first-order valence-corrected chi connectivity index (χ1v) is 4.79. The van der Waals surface area contributed by atoms with E-state index in [0.29, 0.717) is 5.57 Å². The lowest BCUT2D eigenvalue weighted by Gasteiger charge is -2.17. The second-order valence-corrected chi connectivity index (χ2v) is 3.73. The molecular formula is C12H8O3. The molecule has 0 saturated carbocycles. The Bertz CT molecular complexity index is 477. The molecule has 0 amide bonds. The minimum Gasteiger partial charge on any atom is -0.453 e. The Kier molecular flexibility index (Phi) is 1.57. The number of esters is 1. The summed E-state index contributed by atoms with van der Waals surface area (Å²) >= 11 is 0. The Balaban J connectivity index is 2.08. The van der Waals surface area contributed by atoms with Gasteiger partial charge in [-0.25, -0.2) is 4.79 Å². The topological polar surface area (TPSA) is 43.4 Å². The number of ether oxygens (including phenoxy) is 1. The zero-order valence-corrected chi connectivity index (χ0v) is 7.84. The third-order valence-corrected chi connectivity index (χ3v) is 2.85. The van der Waals surface area contributed by atoms with Gasteiger partial charge < -0.3 is 4.74 Å². The van der Waals surface area contributed by atoms with Crippen LogP contribution in [-0.2, 0) is 14.3 Å². The van der Waals surface area contributed by atoms with Crippen molar-refractivity contribution in [3.63, 3.8) is 0 Å². The van der Waals surface area contributed by atoms with Crippen molar-refractivity contribution in [2.75, 3.05) is 0 Å². The maximum Gasteiger partial charge on any atom is 0.331 e. The van der Waals surface area contributed by atoms with Gasteiger partial charge in [0, 0.05) is 23.1 Å². The minimum absolute atomic E-state index is 0.00819. The summed E-state index contributed by atoms with van der Waals surface area (Å²) in [7, 11) is 0. The Morgan fingerprint density at radius 1 is 1.20 bits per heavy atom. The fourth-order valence-electron chi connectivity index (χ4n) is 2.14. The molecule has 1 aliphatic heterocycles. The standard InChI is InChI=1S/C12H8O3/c13-10-5-4-9-8(10)3-1-2-7-6-11(14)15-12(7)9/h1-6,9,12H. The maximum absolute atomic E-state index is 11.5. The van der Waals surface area contributed by atoms with E-state index in [1.54, 1.807) is 24.3 Å². The number of hydrogen-bond donors (Lipinski definition) is 0. The molecule has 0 saturated heterocycles. The highest BCUT2D eigenvalue weighted by Crippen LogP contribution is 2.35. The summed E-state index contributed by atoms with van der Waals surface area (Å²) in [4.78, 5) is 22.6. The molecule has 2 atom stereocenters. The van der Waals surface area contributed by atoms with Crippen LogP contribution in [0.2, 0.25) is 0 Å². The molecule has 74 valence electrons. The normalized spacial score (nSPS) is 31.7. The van der Waals surface area contributed by atoms with Gasteiger partial charge in [0.2, 0.25) is 0 Å². The molecule has 0 fully saturated rings. The number of rotatable bonds is 0. The number of fused-ring (bicyclic) bond motifs is 3. The summed E-state index contributed by atoms with van der Waals surface area (Å²) in [6, 6.07) is 0. The molecule has 15 heavy (non-hydrogen) atoms. The average molecular weight is 200 g/mol. The van der Waals surface area contributed by atoms with Crippen molar-refractivity contribution in [3.8, 4) is 0 Å². The van der Waals surface area contributed by atoms with Crippen LogP contribution in [0.25, 0.3) is 0 Å². The van der Waals surface area contributed by atoms with Crippen molar-refractivity contribution in [1.29, 1.82) is 0 Å². The predicted molar refractivity (Wildman–Crippen MR) is 52.8 cm³/mol. The minimum atomic E-state index is -0.325. The van der Waals surface area contributed by atoms with E-state index >= 15 is 0 Å². The van der Waals surface area contributed by atoms with Gasteiger partial charge in [-0.15, -0.1) is 0 Å². The molecule has 3 nitrogen and oxygen atoms in total. The smallest absolute Gasteiger partial charge is 0.331 e. The Morgan fingerprint density at radius 3 is 2.93 bits per heavy atom. The van der Waals surface area contributed by atoms with Crippen molar-refractivity contribution in [1.82, 2.24) is 0 Å². The van der Waals surface area contributed by atoms with Gasteiger partial charge in [0.25, 0.3) is 0 Å². The summed E-state index contributed by atoms with van der Waals surface area (Å²) in [6.07, 6.45) is 9.92. The molecule has 0 spiro atoms. The molecule has 0 bridgehead atoms. The molecule has 3 heteroatoms. The van der Waals surface area contributed by atoms with Crippen LogP contribution < -0.4 is 0 Å². The quantitative estimate of drug-likeness (QED) is 0.550. The van der Waals surface area contributed by atoms with Gasteiger partial charge in [0.05, 0.1) is 0 Å². The number of hydrogen-bond acceptors (Lipinski definition) is 3. The SMILES string of the molecule is O=C1C=C2C=CC=C3C(=O)C=CC3C2O1.